The first kappa shape index (κ1) is 11.1. The molecule has 0 heterocycles. The van der Waals surface area contributed by atoms with Gasteiger partial charge in [-0.3, -0.25) is 4.79 Å². The van der Waals surface area contributed by atoms with E-state index in [9.17, 15) is 22.7 Å². The van der Waals surface area contributed by atoms with Crippen LogP contribution >= 0.6 is 0 Å². The summed E-state index contributed by atoms with van der Waals surface area (Å²) in [5, 5.41) is -3.10. The van der Waals surface area contributed by atoms with E-state index in [0.29, 0.717) is 0 Å². The summed E-state index contributed by atoms with van der Waals surface area (Å²) in [6.07, 6.45) is -2.24. The van der Waals surface area contributed by atoms with Crippen molar-refractivity contribution in [2.24, 2.45) is 0 Å². The Morgan fingerprint density at radius 1 is 1.42 bits per heavy atom. The Morgan fingerprint density at radius 3 is 2.17 bits per heavy atom. The van der Waals surface area contributed by atoms with Crippen molar-refractivity contribution in [1.29, 1.82) is 0 Å². The van der Waals surface area contributed by atoms with Gasteiger partial charge >= 0.3 is 5.97 Å². The summed E-state index contributed by atoms with van der Waals surface area (Å²) >= 11 is 0. The lowest BCUT2D eigenvalue weighted by Gasteiger charge is -2.15. The molecule has 0 fully saturated rings. The molecule has 0 aromatic carbocycles. The Labute approximate surface area is 65.0 Å². The van der Waals surface area contributed by atoms with Crippen LogP contribution in [0.1, 0.15) is 6.92 Å². The fraction of sp³-hybridized carbons (Fsp3) is 0.750. The minimum absolute atomic E-state index is 0.845. The molecule has 8 heteroatoms. The normalized spacial score (nSPS) is 13.6. The van der Waals surface area contributed by atoms with Gasteiger partial charge < -0.3 is 4.74 Å². The number of esters is 1. The summed E-state index contributed by atoms with van der Waals surface area (Å²) in [6.45, 7) is -0.524. The van der Waals surface area contributed by atoms with Gasteiger partial charge in [0.15, 0.2) is 0 Å². The number of hydrogen-bond donors (Lipinski definition) is 0. The highest BCUT2D eigenvalue weighted by molar-refractivity contribution is 5.66. The number of nitrogens with zero attached hydrogens (tertiary/aromatic N) is 2. The first-order valence-electron chi connectivity index (χ1n) is 2.80. The predicted molar refractivity (Wildman–Crippen MR) is 28.5 cm³/mol. The van der Waals surface area contributed by atoms with Gasteiger partial charge in [-0.25, -0.2) is 0 Å². The van der Waals surface area contributed by atoms with E-state index in [1.807, 2.05) is 0 Å². The van der Waals surface area contributed by atoms with Crippen LogP contribution in [-0.4, -0.2) is 29.4 Å². The third-order valence-electron chi connectivity index (χ3n) is 0.814. The minimum Gasteiger partial charge on any atom is -0.440 e. The van der Waals surface area contributed by atoms with E-state index in [0.717, 1.165) is 6.92 Å². The van der Waals surface area contributed by atoms with Gasteiger partial charge in [0, 0.05) is 12.3 Å². The average Bonchev–Trinajstić information content (AvgIpc) is 1.83. The second kappa shape index (κ2) is 4.88. The lowest BCUT2D eigenvalue weighted by molar-refractivity contribution is -0.286. The molecule has 72 valence electrons. The maximum atomic E-state index is 11.6. The van der Waals surface area contributed by atoms with Gasteiger partial charge in [-0.05, 0) is 0 Å². The van der Waals surface area contributed by atoms with Gasteiger partial charge in [0.1, 0.15) is 6.54 Å². The third kappa shape index (κ3) is 4.85. The monoisotopic (exact) mass is 190 g/mol. The van der Waals surface area contributed by atoms with Gasteiger partial charge in [-0.1, -0.05) is 8.96 Å². The van der Waals surface area contributed by atoms with Gasteiger partial charge in [-0.15, -0.1) is 8.96 Å². The number of halogens is 4. The summed E-state index contributed by atoms with van der Waals surface area (Å²) in [7, 11) is 0. The summed E-state index contributed by atoms with van der Waals surface area (Å²) in [4.78, 5) is 10.1. The van der Waals surface area contributed by atoms with Crippen LogP contribution in [0.5, 0.6) is 0 Å². The lowest BCUT2D eigenvalue weighted by atomic mass is 10.6. The van der Waals surface area contributed by atoms with Crippen LogP contribution in [0, 0.1) is 0 Å². The fourth-order valence-electron chi connectivity index (χ4n) is 0.448. The molecule has 0 aliphatic rings. The van der Waals surface area contributed by atoms with Crippen molar-refractivity contribution in [3.8, 4) is 0 Å². The molecule has 0 rings (SSSR count). The lowest BCUT2D eigenvalue weighted by Crippen LogP contribution is -2.34. The molecule has 4 nitrogen and oxygen atoms in total. The van der Waals surface area contributed by atoms with Crippen LogP contribution in [0.3, 0.4) is 0 Å². The Kier molecular flexibility index (Phi) is 4.52. The average molecular weight is 190 g/mol. The van der Waals surface area contributed by atoms with Crippen molar-refractivity contribution >= 4 is 5.97 Å². The number of rotatable bonds is 4. The minimum atomic E-state index is -2.24. The van der Waals surface area contributed by atoms with Crippen molar-refractivity contribution in [3.63, 3.8) is 0 Å². The predicted octanol–water partition coefficient (Wildman–Crippen LogP) is 1.02. The van der Waals surface area contributed by atoms with E-state index in [4.69, 9.17) is 0 Å². The Morgan fingerprint density at radius 2 is 1.92 bits per heavy atom. The van der Waals surface area contributed by atoms with Gasteiger partial charge in [0.05, 0.1) is 5.34 Å². The standard InChI is InChI=1S/C4H6F4N2O2/c1-3(11)12-4(10(7)8)2-9(5)6/h4H,2H2,1H3. The smallest absolute Gasteiger partial charge is 0.304 e. The van der Waals surface area contributed by atoms with E-state index in [1.54, 1.807) is 0 Å². The Bertz CT molecular complexity index is 154. The van der Waals surface area contributed by atoms with Crippen LogP contribution in [0.15, 0.2) is 0 Å². The fourth-order valence-corrected chi connectivity index (χ4v) is 0.448. The summed E-state index contributed by atoms with van der Waals surface area (Å²) < 4.78 is 49.8. The zero-order valence-electron chi connectivity index (χ0n) is 6.01. The SMILES string of the molecule is CC(=O)OC(CN(F)F)N(F)F. The number of hydrogen-bond acceptors (Lipinski definition) is 4. The Balaban J connectivity index is 3.95. The molecule has 0 bridgehead atoms. The van der Waals surface area contributed by atoms with Crippen molar-refractivity contribution < 1.29 is 27.5 Å². The quantitative estimate of drug-likeness (QED) is 0.287. The van der Waals surface area contributed by atoms with Crippen molar-refractivity contribution in [3.05, 3.63) is 0 Å². The van der Waals surface area contributed by atoms with Crippen molar-refractivity contribution in [2.45, 2.75) is 13.2 Å². The van der Waals surface area contributed by atoms with E-state index in [1.165, 1.54) is 0 Å². The summed E-state index contributed by atoms with van der Waals surface area (Å²) in [5.74, 6) is -1.05. The summed E-state index contributed by atoms with van der Waals surface area (Å²) in [5.41, 5.74) is 0. The number of ether oxygens (including phenoxy) is 1. The second-order valence-corrected chi connectivity index (χ2v) is 1.81. The highest BCUT2D eigenvalue weighted by atomic mass is 19.4. The molecule has 0 saturated carbocycles. The van der Waals surface area contributed by atoms with E-state index < -0.39 is 29.4 Å². The molecule has 0 aromatic heterocycles. The summed E-state index contributed by atoms with van der Waals surface area (Å²) in [6, 6.07) is 0. The molecule has 0 aromatic rings. The molecule has 0 aliphatic carbocycles. The first-order valence-corrected chi connectivity index (χ1v) is 2.80. The molecule has 12 heavy (non-hydrogen) atoms. The van der Waals surface area contributed by atoms with Gasteiger partial charge in [0.25, 0.3) is 0 Å². The van der Waals surface area contributed by atoms with E-state index in [-0.39, 0.29) is 0 Å². The largest absolute Gasteiger partial charge is 0.440 e. The molecule has 0 N–H and O–H groups in total. The number of carbonyl (C=O) groups is 1. The van der Waals surface area contributed by atoms with Crippen LogP contribution in [0.4, 0.5) is 17.9 Å². The van der Waals surface area contributed by atoms with Crippen molar-refractivity contribution in [1.82, 2.24) is 10.7 Å². The molecule has 1 atom stereocenters. The van der Waals surface area contributed by atoms with Crippen LogP contribution in [-0.2, 0) is 9.53 Å². The molecular formula is C4H6F4N2O2. The van der Waals surface area contributed by atoms with Crippen LogP contribution < -0.4 is 0 Å². The molecule has 1 unspecified atom stereocenters. The topological polar surface area (TPSA) is 32.8 Å². The van der Waals surface area contributed by atoms with Crippen LogP contribution in [0.2, 0.25) is 0 Å². The van der Waals surface area contributed by atoms with E-state index >= 15 is 0 Å². The van der Waals surface area contributed by atoms with Crippen LogP contribution in [0.25, 0.3) is 0 Å². The van der Waals surface area contributed by atoms with Gasteiger partial charge in [0.2, 0.25) is 6.23 Å². The molecule has 0 spiro atoms. The second-order valence-electron chi connectivity index (χ2n) is 1.81. The molecular weight excluding hydrogens is 184 g/mol. The van der Waals surface area contributed by atoms with Gasteiger partial charge in [-0.2, -0.15) is 0 Å². The zero-order valence-corrected chi connectivity index (χ0v) is 6.01. The molecule has 0 amide bonds. The maximum absolute atomic E-state index is 11.6. The van der Waals surface area contributed by atoms with Crippen molar-refractivity contribution in [2.75, 3.05) is 6.54 Å². The number of carbonyl (C=O) groups excluding carboxylic acids is 1. The Hall–Kier alpha value is -0.890. The first-order chi connectivity index (χ1) is 5.43. The maximum Gasteiger partial charge on any atom is 0.304 e. The van der Waals surface area contributed by atoms with E-state index in [2.05, 4.69) is 4.74 Å². The molecule has 0 radical (unpaired) electrons. The highest BCUT2D eigenvalue weighted by Crippen LogP contribution is 2.06. The highest BCUT2D eigenvalue weighted by Gasteiger charge is 2.24. The molecule has 0 aliphatic heterocycles. The molecule has 0 saturated heterocycles. The zero-order chi connectivity index (χ0) is 9.72. The third-order valence-corrected chi connectivity index (χ3v) is 0.814.